The molecule has 0 aliphatic carbocycles. The van der Waals surface area contributed by atoms with Crippen molar-refractivity contribution in [2.24, 2.45) is 0 Å². The number of likely N-dealkylation sites (tertiary alicyclic amines) is 1. The van der Waals surface area contributed by atoms with Crippen LogP contribution in [0.4, 0.5) is 0 Å². The molecule has 1 aromatic heterocycles. The highest BCUT2D eigenvalue weighted by atomic mass is 16.3. The molecule has 4 rings (SSSR count). The number of aliphatic hydroxyl groups excluding tert-OH is 1. The first kappa shape index (κ1) is 26.4. The summed E-state index contributed by atoms with van der Waals surface area (Å²) in [5.74, 6) is -1.45. The molecule has 1 amide bonds. The molecular formula is C30H36N4O3. The number of ketones is 1. The number of hydrogen-bond donors (Lipinski definition) is 1. The van der Waals surface area contributed by atoms with E-state index in [0.29, 0.717) is 24.2 Å². The minimum absolute atomic E-state index is 0.0326. The van der Waals surface area contributed by atoms with Crippen molar-refractivity contribution in [1.29, 1.82) is 0 Å². The van der Waals surface area contributed by atoms with Crippen LogP contribution in [0, 0.1) is 6.92 Å². The van der Waals surface area contributed by atoms with Crippen LogP contribution < -0.4 is 0 Å². The molecule has 1 N–H and O–H groups in total. The van der Waals surface area contributed by atoms with E-state index in [9.17, 15) is 14.7 Å². The van der Waals surface area contributed by atoms with Gasteiger partial charge in [0.2, 0.25) is 0 Å². The molecule has 1 atom stereocenters. The van der Waals surface area contributed by atoms with Gasteiger partial charge in [-0.1, -0.05) is 63.2 Å². The van der Waals surface area contributed by atoms with Crippen molar-refractivity contribution in [3.8, 4) is 5.69 Å². The zero-order valence-electron chi connectivity index (χ0n) is 22.5. The molecule has 2 aromatic carbocycles. The Morgan fingerprint density at radius 2 is 1.68 bits per heavy atom. The fourth-order valence-corrected chi connectivity index (χ4v) is 4.80. The molecule has 0 spiro atoms. The summed E-state index contributed by atoms with van der Waals surface area (Å²) in [6, 6.07) is 16.9. The Kier molecular flexibility index (Phi) is 7.37. The van der Waals surface area contributed by atoms with Crippen LogP contribution in [0.5, 0.6) is 0 Å². The molecule has 0 saturated carbocycles. The summed E-state index contributed by atoms with van der Waals surface area (Å²) in [6.07, 6.45) is 2.26. The summed E-state index contributed by atoms with van der Waals surface area (Å²) < 4.78 is 1.72. The van der Waals surface area contributed by atoms with Crippen LogP contribution in [0.15, 0.2) is 66.4 Å². The predicted octanol–water partition coefficient (Wildman–Crippen LogP) is 4.85. The van der Waals surface area contributed by atoms with Gasteiger partial charge < -0.3 is 14.9 Å². The van der Waals surface area contributed by atoms with Gasteiger partial charge in [0.25, 0.3) is 11.7 Å². The van der Waals surface area contributed by atoms with Gasteiger partial charge >= 0.3 is 0 Å². The minimum Gasteiger partial charge on any atom is -0.507 e. The van der Waals surface area contributed by atoms with Crippen molar-refractivity contribution in [2.75, 3.05) is 27.2 Å². The Hall–Kier alpha value is -3.71. The Balaban J connectivity index is 1.81. The summed E-state index contributed by atoms with van der Waals surface area (Å²) in [5, 5.41) is 16.0. The molecule has 1 saturated heterocycles. The summed E-state index contributed by atoms with van der Waals surface area (Å²) in [7, 11) is 3.95. The lowest BCUT2D eigenvalue weighted by Gasteiger charge is -2.27. The van der Waals surface area contributed by atoms with Crippen LogP contribution in [0.25, 0.3) is 11.4 Å². The lowest BCUT2D eigenvalue weighted by Crippen LogP contribution is -2.32. The Bertz CT molecular complexity index is 1320. The molecule has 7 nitrogen and oxygen atoms in total. The molecule has 1 fully saturated rings. The van der Waals surface area contributed by atoms with Gasteiger partial charge in [-0.2, -0.15) is 5.10 Å². The van der Waals surface area contributed by atoms with Crippen molar-refractivity contribution in [1.82, 2.24) is 19.6 Å². The summed E-state index contributed by atoms with van der Waals surface area (Å²) in [6.45, 7) is 9.46. The molecule has 194 valence electrons. The molecular weight excluding hydrogens is 464 g/mol. The van der Waals surface area contributed by atoms with Crippen molar-refractivity contribution < 1.29 is 14.7 Å². The first-order chi connectivity index (χ1) is 17.5. The van der Waals surface area contributed by atoms with Crippen molar-refractivity contribution >= 4 is 17.4 Å². The SMILES string of the molecule is Cc1c(/C(O)=C2\C(=O)C(=O)N(CCCN(C)C)[C@@H]2c2ccc(C(C)(C)C)cc2)cnn1-c1ccccc1. The fourth-order valence-electron chi connectivity index (χ4n) is 4.80. The highest BCUT2D eigenvalue weighted by molar-refractivity contribution is 6.46. The van der Waals surface area contributed by atoms with E-state index in [-0.39, 0.29) is 16.7 Å². The Morgan fingerprint density at radius 1 is 1.03 bits per heavy atom. The fraction of sp³-hybridized carbons (Fsp3) is 0.367. The maximum absolute atomic E-state index is 13.4. The van der Waals surface area contributed by atoms with Gasteiger partial charge in [0.15, 0.2) is 0 Å². The Morgan fingerprint density at radius 3 is 2.27 bits per heavy atom. The number of Topliss-reactive ketones (excluding diaryl/α,β-unsaturated/α-hetero) is 1. The highest BCUT2D eigenvalue weighted by Crippen LogP contribution is 2.40. The molecule has 1 aliphatic heterocycles. The number of carbonyl (C=O) groups is 2. The van der Waals surface area contributed by atoms with Crippen molar-refractivity contribution in [3.05, 3.63) is 88.8 Å². The van der Waals surface area contributed by atoms with Gasteiger partial charge in [0, 0.05) is 6.54 Å². The number of carbonyl (C=O) groups excluding carboxylic acids is 2. The predicted molar refractivity (Wildman–Crippen MR) is 146 cm³/mol. The number of rotatable bonds is 7. The number of amides is 1. The van der Waals surface area contributed by atoms with Crippen LogP contribution >= 0.6 is 0 Å². The van der Waals surface area contributed by atoms with E-state index in [1.54, 1.807) is 15.8 Å². The number of nitrogens with zero attached hydrogens (tertiary/aromatic N) is 4. The van der Waals surface area contributed by atoms with E-state index in [2.05, 4.69) is 25.9 Å². The Labute approximate surface area is 219 Å². The maximum atomic E-state index is 13.4. The molecule has 0 unspecified atom stereocenters. The lowest BCUT2D eigenvalue weighted by atomic mass is 9.85. The number of aliphatic hydroxyl groups is 1. The quantitative estimate of drug-likeness (QED) is 0.285. The van der Waals surface area contributed by atoms with E-state index in [1.165, 1.54) is 0 Å². The molecule has 37 heavy (non-hydrogen) atoms. The highest BCUT2D eigenvalue weighted by Gasteiger charge is 2.46. The summed E-state index contributed by atoms with van der Waals surface area (Å²) in [5.41, 5.74) is 3.99. The summed E-state index contributed by atoms with van der Waals surface area (Å²) in [4.78, 5) is 30.3. The molecule has 0 bridgehead atoms. The van der Waals surface area contributed by atoms with Gasteiger partial charge in [-0.05, 0) is 62.7 Å². The van der Waals surface area contributed by atoms with Crippen LogP contribution in [0.3, 0.4) is 0 Å². The van der Waals surface area contributed by atoms with Crippen molar-refractivity contribution in [2.45, 2.75) is 45.6 Å². The average Bonchev–Trinajstić information content (AvgIpc) is 3.36. The number of hydrogen-bond acceptors (Lipinski definition) is 5. The van der Waals surface area contributed by atoms with E-state index < -0.39 is 17.7 Å². The van der Waals surface area contributed by atoms with Crippen molar-refractivity contribution in [3.63, 3.8) is 0 Å². The zero-order chi connectivity index (χ0) is 26.9. The van der Waals surface area contributed by atoms with Gasteiger partial charge in [-0.3, -0.25) is 9.59 Å². The van der Waals surface area contributed by atoms with Gasteiger partial charge in [-0.25, -0.2) is 4.68 Å². The number of benzene rings is 2. The standard InChI is InChI=1S/C30H36N4O3/c1-20-24(19-31-34(20)23-11-8-7-9-12-23)27(35)25-26(21-13-15-22(16-14-21)30(2,3)4)33(29(37)28(25)36)18-10-17-32(5)6/h7-9,11-16,19,26,35H,10,17-18H2,1-6H3/b27-25+/t26-/m1/s1. The summed E-state index contributed by atoms with van der Waals surface area (Å²) >= 11 is 0. The third-order valence-corrected chi connectivity index (χ3v) is 6.90. The average molecular weight is 501 g/mol. The second kappa shape index (κ2) is 10.3. The largest absolute Gasteiger partial charge is 0.507 e. The molecule has 2 heterocycles. The number of para-hydroxylation sites is 1. The topological polar surface area (TPSA) is 78.7 Å². The second-order valence-corrected chi connectivity index (χ2v) is 10.9. The van der Waals surface area contributed by atoms with Crippen LogP contribution in [0.2, 0.25) is 0 Å². The zero-order valence-corrected chi connectivity index (χ0v) is 22.5. The second-order valence-electron chi connectivity index (χ2n) is 10.9. The van der Waals surface area contributed by atoms with Gasteiger partial charge in [-0.15, -0.1) is 0 Å². The normalized spacial score (nSPS) is 17.7. The lowest BCUT2D eigenvalue weighted by molar-refractivity contribution is -0.139. The maximum Gasteiger partial charge on any atom is 0.295 e. The van der Waals surface area contributed by atoms with Crippen LogP contribution in [-0.2, 0) is 15.0 Å². The van der Waals surface area contributed by atoms with E-state index >= 15 is 0 Å². The van der Waals surface area contributed by atoms with Gasteiger partial charge in [0.05, 0.1) is 34.8 Å². The molecule has 0 radical (unpaired) electrons. The van der Waals surface area contributed by atoms with E-state index in [4.69, 9.17) is 0 Å². The smallest absolute Gasteiger partial charge is 0.295 e. The molecule has 7 heteroatoms. The molecule has 1 aliphatic rings. The van der Waals surface area contributed by atoms with Crippen LogP contribution in [-0.4, -0.2) is 63.6 Å². The van der Waals surface area contributed by atoms with Gasteiger partial charge in [0.1, 0.15) is 5.76 Å². The number of aromatic nitrogens is 2. The monoisotopic (exact) mass is 500 g/mol. The van der Waals surface area contributed by atoms with Crippen LogP contribution in [0.1, 0.15) is 55.6 Å². The first-order valence-corrected chi connectivity index (χ1v) is 12.6. The first-order valence-electron chi connectivity index (χ1n) is 12.6. The third kappa shape index (κ3) is 5.23. The third-order valence-electron chi connectivity index (χ3n) is 6.90. The minimum atomic E-state index is -0.671. The molecule has 3 aromatic rings. The van der Waals surface area contributed by atoms with E-state index in [1.807, 2.05) is 80.5 Å². The van der Waals surface area contributed by atoms with E-state index in [0.717, 1.165) is 23.4 Å².